The van der Waals surface area contributed by atoms with E-state index >= 15 is 0 Å². The molecule has 1 unspecified atom stereocenters. The second-order valence-corrected chi connectivity index (χ2v) is 6.45. The van der Waals surface area contributed by atoms with Crippen LogP contribution >= 0.6 is 0 Å². The average molecular weight is 239 g/mol. The first-order valence-electron chi connectivity index (χ1n) is 5.55. The van der Waals surface area contributed by atoms with E-state index in [1.54, 1.807) is 4.31 Å². The minimum atomic E-state index is -2.99. The Kier molecular flexibility index (Phi) is 3.30. The molecule has 0 spiro atoms. The van der Waals surface area contributed by atoms with Gasteiger partial charge in [0.1, 0.15) is 0 Å². The first kappa shape index (κ1) is 11.6. The summed E-state index contributed by atoms with van der Waals surface area (Å²) < 4.78 is 24.3. The molecule has 2 rings (SSSR count). The van der Waals surface area contributed by atoms with Crippen LogP contribution in [0, 0.1) is 5.92 Å². The third-order valence-corrected chi connectivity index (χ3v) is 4.35. The fourth-order valence-corrected chi connectivity index (χ4v) is 3.13. The number of hydrogen-bond acceptors (Lipinski definition) is 2. The van der Waals surface area contributed by atoms with Gasteiger partial charge in [0.15, 0.2) is 0 Å². The lowest BCUT2D eigenvalue weighted by Crippen LogP contribution is -2.27. The molecule has 1 aliphatic rings. The van der Waals surface area contributed by atoms with Crippen LogP contribution in [0.25, 0.3) is 0 Å². The molecule has 1 aromatic carbocycles. The fraction of sp³-hybridized carbons (Fsp3) is 0.500. The van der Waals surface area contributed by atoms with Crippen molar-refractivity contribution < 1.29 is 8.42 Å². The van der Waals surface area contributed by atoms with Crippen LogP contribution in [-0.4, -0.2) is 32.1 Å². The summed E-state index contributed by atoms with van der Waals surface area (Å²) in [6, 6.07) is 10.3. The minimum absolute atomic E-state index is 0.470. The van der Waals surface area contributed by atoms with Gasteiger partial charge in [-0.25, -0.2) is 12.7 Å². The third-order valence-electron chi connectivity index (χ3n) is 3.08. The molecule has 4 heteroatoms. The zero-order valence-electron chi connectivity index (χ0n) is 9.46. The predicted molar refractivity (Wildman–Crippen MR) is 64.7 cm³/mol. The van der Waals surface area contributed by atoms with Crippen molar-refractivity contribution in [3.63, 3.8) is 0 Å². The van der Waals surface area contributed by atoms with Crippen LogP contribution in [0.3, 0.4) is 0 Å². The van der Waals surface area contributed by atoms with Crippen LogP contribution in [0.4, 0.5) is 0 Å². The molecule has 3 nitrogen and oxygen atoms in total. The van der Waals surface area contributed by atoms with Crippen LogP contribution in [0.15, 0.2) is 30.3 Å². The zero-order chi connectivity index (χ0) is 11.6. The molecule has 0 N–H and O–H groups in total. The molecular weight excluding hydrogens is 222 g/mol. The van der Waals surface area contributed by atoms with E-state index in [0.29, 0.717) is 19.0 Å². The molecule has 0 radical (unpaired) electrons. The van der Waals surface area contributed by atoms with E-state index in [9.17, 15) is 8.42 Å². The van der Waals surface area contributed by atoms with Crippen molar-refractivity contribution in [2.75, 3.05) is 19.3 Å². The molecule has 1 fully saturated rings. The van der Waals surface area contributed by atoms with Gasteiger partial charge in [-0.05, 0) is 24.3 Å². The topological polar surface area (TPSA) is 37.4 Å². The quantitative estimate of drug-likeness (QED) is 0.802. The lowest BCUT2D eigenvalue weighted by atomic mass is 9.99. The number of benzene rings is 1. The maximum absolute atomic E-state index is 11.4. The highest BCUT2D eigenvalue weighted by molar-refractivity contribution is 7.88. The Morgan fingerprint density at radius 3 is 2.56 bits per heavy atom. The Morgan fingerprint density at radius 2 is 2.00 bits per heavy atom. The highest BCUT2D eigenvalue weighted by Gasteiger charge is 2.28. The third kappa shape index (κ3) is 2.83. The molecule has 88 valence electrons. The number of nitrogens with zero attached hydrogens (tertiary/aromatic N) is 1. The van der Waals surface area contributed by atoms with Gasteiger partial charge in [-0.3, -0.25) is 0 Å². The first-order valence-corrected chi connectivity index (χ1v) is 7.39. The van der Waals surface area contributed by atoms with Crippen molar-refractivity contribution in [1.29, 1.82) is 0 Å². The van der Waals surface area contributed by atoms with E-state index in [0.717, 1.165) is 12.8 Å². The average Bonchev–Trinajstić information content (AvgIpc) is 2.67. The summed E-state index contributed by atoms with van der Waals surface area (Å²) in [6.45, 7) is 1.35. The van der Waals surface area contributed by atoms with Crippen molar-refractivity contribution >= 4 is 10.0 Å². The van der Waals surface area contributed by atoms with Gasteiger partial charge in [0.05, 0.1) is 6.26 Å². The normalized spacial score (nSPS) is 22.4. The molecule has 0 aliphatic carbocycles. The number of rotatable bonds is 3. The van der Waals surface area contributed by atoms with Crippen LogP contribution < -0.4 is 0 Å². The first-order chi connectivity index (χ1) is 7.55. The Hall–Kier alpha value is -0.870. The van der Waals surface area contributed by atoms with E-state index in [4.69, 9.17) is 0 Å². The standard InChI is InChI=1S/C12H17NO2S/c1-16(14,15)13-8-7-12(10-13)9-11-5-3-2-4-6-11/h2-6,12H,7-10H2,1H3. The van der Waals surface area contributed by atoms with Crippen molar-refractivity contribution in [3.05, 3.63) is 35.9 Å². The number of hydrogen-bond donors (Lipinski definition) is 0. The van der Waals surface area contributed by atoms with Gasteiger partial charge in [-0.1, -0.05) is 30.3 Å². The zero-order valence-corrected chi connectivity index (χ0v) is 10.3. The summed E-state index contributed by atoms with van der Waals surface area (Å²) in [7, 11) is -2.99. The Morgan fingerprint density at radius 1 is 1.31 bits per heavy atom. The smallest absolute Gasteiger partial charge is 0.211 e. The van der Waals surface area contributed by atoms with Gasteiger partial charge < -0.3 is 0 Å². The van der Waals surface area contributed by atoms with Gasteiger partial charge in [-0.15, -0.1) is 0 Å². The van der Waals surface area contributed by atoms with E-state index in [2.05, 4.69) is 12.1 Å². The van der Waals surface area contributed by atoms with E-state index in [-0.39, 0.29) is 0 Å². The molecule has 0 amide bonds. The monoisotopic (exact) mass is 239 g/mol. The van der Waals surface area contributed by atoms with Crippen molar-refractivity contribution in [1.82, 2.24) is 4.31 Å². The molecule has 0 aromatic heterocycles. The molecule has 0 bridgehead atoms. The van der Waals surface area contributed by atoms with E-state index < -0.39 is 10.0 Å². The van der Waals surface area contributed by atoms with Gasteiger partial charge in [-0.2, -0.15) is 0 Å². The van der Waals surface area contributed by atoms with Gasteiger partial charge in [0, 0.05) is 13.1 Å². The largest absolute Gasteiger partial charge is 0.213 e. The van der Waals surface area contributed by atoms with Crippen LogP contribution in [0.1, 0.15) is 12.0 Å². The summed E-state index contributed by atoms with van der Waals surface area (Å²) >= 11 is 0. The van der Waals surface area contributed by atoms with E-state index in [1.807, 2.05) is 18.2 Å². The predicted octanol–water partition coefficient (Wildman–Crippen LogP) is 1.51. The van der Waals surface area contributed by atoms with Gasteiger partial charge in [0.25, 0.3) is 0 Å². The lowest BCUT2D eigenvalue weighted by Gasteiger charge is -2.13. The van der Waals surface area contributed by atoms with Crippen LogP contribution in [-0.2, 0) is 16.4 Å². The maximum atomic E-state index is 11.4. The fourth-order valence-electron chi connectivity index (χ4n) is 2.21. The molecule has 1 heterocycles. The van der Waals surface area contributed by atoms with Crippen molar-refractivity contribution in [3.8, 4) is 0 Å². The molecular formula is C12H17NO2S. The van der Waals surface area contributed by atoms with Crippen LogP contribution in [0.5, 0.6) is 0 Å². The Bertz CT molecular complexity index is 441. The summed E-state index contributed by atoms with van der Waals surface area (Å²) in [5.41, 5.74) is 1.29. The SMILES string of the molecule is CS(=O)(=O)N1CCC(Cc2ccccc2)C1. The summed E-state index contributed by atoms with van der Waals surface area (Å²) in [6.07, 6.45) is 3.24. The molecule has 1 saturated heterocycles. The van der Waals surface area contributed by atoms with Crippen molar-refractivity contribution in [2.45, 2.75) is 12.8 Å². The maximum Gasteiger partial charge on any atom is 0.211 e. The summed E-state index contributed by atoms with van der Waals surface area (Å²) in [4.78, 5) is 0. The molecule has 1 aliphatic heterocycles. The second-order valence-electron chi connectivity index (χ2n) is 4.47. The number of sulfonamides is 1. The highest BCUT2D eigenvalue weighted by atomic mass is 32.2. The molecule has 1 aromatic rings. The highest BCUT2D eigenvalue weighted by Crippen LogP contribution is 2.22. The van der Waals surface area contributed by atoms with Crippen molar-refractivity contribution in [2.24, 2.45) is 5.92 Å². The molecule has 16 heavy (non-hydrogen) atoms. The van der Waals surface area contributed by atoms with E-state index in [1.165, 1.54) is 11.8 Å². The molecule has 0 saturated carbocycles. The minimum Gasteiger partial charge on any atom is -0.213 e. The van der Waals surface area contributed by atoms with Gasteiger partial charge >= 0.3 is 0 Å². The Balaban J connectivity index is 1.96. The Labute approximate surface area is 97.1 Å². The van der Waals surface area contributed by atoms with Crippen LogP contribution in [0.2, 0.25) is 0 Å². The second kappa shape index (κ2) is 4.55. The summed E-state index contributed by atoms with van der Waals surface area (Å²) in [5, 5.41) is 0. The lowest BCUT2D eigenvalue weighted by molar-refractivity contribution is 0.460. The molecule has 1 atom stereocenters. The summed E-state index contributed by atoms with van der Waals surface area (Å²) in [5.74, 6) is 0.470. The van der Waals surface area contributed by atoms with Gasteiger partial charge in [0.2, 0.25) is 10.0 Å².